The predicted molar refractivity (Wildman–Crippen MR) is 97.8 cm³/mol. The maximum Gasteiger partial charge on any atom is 0.260 e. The largest absolute Gasteiger partial charge is 0.484 e. The van der Waals surface area contributed by atoms with Crippen molar-refractivity contribution in [3.8, 4) is 5.75 Å². The van der Waals surface area contributed by atoms with E-state index < -0.39 is 0 Å². The van der Waals surface area contributed by atoms with Crippen molar-refractivity contribution >= 4 is 5.91 Å². The second-order valence-electron chi connectivity index (χ2n) is 7.80. The molecule has 5 heteroatoms. The number of aromatic nitrogens is 2. The number of fused-ring (bicyclic) bond motifs is 1. The molecule has 5 nitrogen and oxygen atoms in total. The topological polar surface area (TPSA) is 47.4 Å². The van der Waals surface area contributed by atoms with Crippen LogP contribution in [0, 0.1) is 13.8 Å². The van der Waals surface area contributed by atoms with Gasteiger partial charge in [0, 0.05) is 30.8 Å². The number of benzene rings is 1. The van der Waals surface area contributed by atoms with E-state index in [0.29, 0.717) is 13.1 Å². The molecule has 134 valence electrons. The predicted octanol–water partition coefficient (Wildman–Crippen LogP) is 3.22. The summed E-state index contributed by atoms with van der Waals surface area (Å²) in [6, 6.07) is 5.91. The minimum atomic E-state index is -0.0355. The molecular formula is C20H27N3O2. The van der Waals surface area contributed by atoms with Crippen LogP contribution in [-0.2, 0) is 23.3 Å². The number of hydrogen-bond donors (Lipinski definition) is 0. The molecule has 0 atom stereocenters. The molecule has 1 aromatic carbocycles. The van der Waals surface area contributed by atoms with Gasteiger partial charge in [-0.1, -0.05) is 6.07 Å². The van der Waals surface area contributed by atoms with Crippen molar-refractivity contribution in [1.82, 2.24) is 14.7 Å². The first-order chi connectivity index (χ1) is 11.8. The molecule has 0 saturated carbocycles. The van der Waals surface area contributed by atoms with Gasteiger partial charge in [-0.15, -0.1) is 0 Å². The summed E-state index contributed by atoms with van der Waals surface area (Å²) >= 11 is 0. The van der Waals surface area contributed by atoms with Crippen LogP contribution in [0.3, 0.4) is 0 Å². The summed E-state index contributed by atoms with van der Waals surface area (Å²) in [7, 11) is 0. The Morgan fingerprint density at radius 2 is 2.00 bits per heavy atom. The second-order valence-corrected chi connectivity index (χ2v) is 7.80. The molecule has 1 aliphatic rings. The molecule has 0 spiro atoms. The molecule has 2 aromatic rings. The van der Waals surface area contributed by atoms with Crippen LogP contribution >= 0.6 is 0 Å². The van der Waals surface area contributed by atoms with Gasteiger partial charge in [0.2, 0.25) is 0 Å². The standard InChI is InChI=1S/C20H27N3O2/c1-14-6-7-17(10-15(14)2)25-13-19(24)22-9-8-18-16(12-22)11-21-23(18)20(3,4)5/h6-7,10-11H,8-9,12-13H2,1-5H3. The number of carbonyl (C=O) groups is 1. The van der Waals surface area contributed by atoms with Crippen LogP contribution in [0.15, 0.2) is 24.4 Å². The second kappa shape index (κ2) is 6.54. The Morgan fingerprint density at radius 1 is 1.24 bits per heavy atom. The monoisotopic (exact) mass is 341 g/mol. The van der Waals surface area contributed by atoms with Crippen molar-refractivity contribution < 1.29 is 9.53 Å². The molecule has 3 rings (SSSR count). The first-order valence-corrected chi connectivity index (χ1v) is 8.80. The van der Waals surface area contributed by atoms with E-state index in [-0.39, 0.29) is 18.1 Å². The Balaban J connectivity index is 1.63. The first-order valence-electron chi connectivity index (χ1n) is 8.80. The van der Waals surface area contributed by atoms with Crippen LogP contribution in [0.1, 0.15) is 43.2 Å². The van der Waals surface area contributed by atoms with Gasteiger partial charge in [0.15, 0.2) is 6.61 Å². The number of rotatable bonds is 3. The molecule has 1 aromatic heterocycles. The minimum Gasteiger partial charge on any atom is -0.484 e. The maximum absolute atomic E-state index is 12.5. The van der Waals surface area contributed by atoms with Gasteiger partial charge < -0.3 is 9.64 Å². The van der Waals surface area contributed by atoms with Gasteiger partial charge in [0.05, 0.1) is 11.7 Å². The lowest BCUT2D eigenvalue weighted by molar-refractivity contribution is -0.134. The smallest absolute Gasteiger partial charge is 0.260 e. The Kier molecular flexibility index (Phi) is 4.58. The number of amides is 1. The minimum absolute atomic E-state index is 0.0207. The summed E-state index contributed by atoms with van der Waals surface area (Å²) in [6.45, 7) is 12.0. The number of aryl methyl sites for hydroxylation is 2. The van der Waals surface area contributed by atoms with E-state index in [0.717, 1.165) is 17.7 Å². The van der Waals surface area contributed by atoms with Gasteiger partial charge in [-0.05, 0) is 57.9 Å². The van der Waals surface area contributed by atoms with E-state index in [2.05, 4.69) is 37.5 Å². The molecule has 2 heterocycles. The van der Waals surface area contributed by atoms with Gasteiger partial charge in [0.1, 0.15) is 5.75 Å². The van der Waals surface area contributed by atoms with Crippen molar-refractivity contribution in [2.24, 2.45) is 0 Å². The van der Waals surface area contributed by atoms with Crippen LogP contribution in [0.25, 0.3) is 0 Å². The van der Waals surface area contributed by atoms with E-state index in [1.165, 1.54) is 16.8 Å². The fourth-order valence-corrected chi connectivity index (χ4v) is 3.16. The average Bonchev–Trinajstić information content (AvgIpc) is 2.99. The van der Waals surface area contributed by atoms with Crippen LogP contribution in [-0.4, -0.2) is 33.7 Å². The van der Waals surface area contributed by atoms with Crippen LogP contribution in [0.2, 0.25) is 0 Å². The molecular weight excluding hydrogens is 314 g/mol. The summed E-state index contributed by atoms with van der Waals surface area (Å²) in [6.07, 6.45) is 2.73. The van der Waals surface area contributed by atoms with E-state index in [1.54, 1.807) is 0 Å². The van der Waals surface area contributed by atoms with E-state index in [9.17, 15) is 4.79 Å². The lowest BCUT2D eigenvalue weighted by atomic mass is 10.0. The molecule has 0 aliphatic carbocycles. The van der Waals surface area contributed by atoms with E-state index in [1.807, 2.05) is 36.2 Å². The molecule has 0 saturated heterocycles. The summed E-state index contributed by atoms with van der Waals surface area (Å²) in [5, 5.41) is 4.52. The lowest BCUT2D eigenvalue weighted by Gasteiger charge is -2.30. The molecule has 0 bridgehead atoms. The normalized spacial score (nSPS) is 14.4. The molecule has 25 heavy (non-hydrogen) atoms. The molecule has 0 N–H and O–H groups in total. The quantitative estimate of drug-likeness (QED) is 0.861. The zero-order chi connectivity index (χ0) is 18.2. The van der Waals surface area contributed by atoms with Crippen molar-refractivity contribution in [1.29, 1.82) is 0 Å². The summed E-state index contributed by atoms with van der Waals surface area (Å²) in [4.78, 5) is 14.4. The highest BCUT2D eigenvalue weighted by Crippen LogP contribution is 2.24. The highest BCUT2D eigenvalue weighted by atomic mass is 16.5. The zero-order valence-electron chi connectivity index (χ0n) is 15.8. The SMILES string of the molecule is Cc1ccc(OCC(=O)N2CCc3c(cnn3C(C)(C)C)C2)cc1C. The third-order valence-corrected chi connectivity index (χ3v) is 4.76. The third-order valence-electron chi connectivity index (χ3n) is 4.76. The van der Waals surface area contributed by atoms with Gasteiger partial charge in [0.25, 0.3) is 5.91 Å². The van der Waals surface area contributed by atoms with E-state index in [4.69, 9.17) is 4.74 Å². The fourth-order valence-electron chi connectivity index (χ4n) is 3.16. The van der Waals surface area contributed by atoms with Gasteiger partial charge in [-0.3, -0.25) is 9.48 Å². The highest BCUT2D eigenvalue weighted by Gasteiger charge is 2.27. The Labute approximate surface area is 149 Å². The van der Waals surface area contributed by atoms with Crippen LogP contribution in [0.4, 0.5) is 0 Å². The Bertz CT molecular complexity index is 787. The van der Waals surface area contributed by atoms with Gasteiger partial charge in [-0.2, -0.15) is 5.10 Å². The number of ether oxygens (including phenoxy) is 1. The molecule has 0 fully saturated rings. The van der Waals surface area contributed by atoms with Gasteiger partial charge in [-0.25, -0.2) is 0 Å². The average molecular weight is 341 g/mol. The molecule has 0 radical (unpaired) electrons. The third kappa shape index (κ3) is 3.70. The Hall–Kier alpha value is -2.30. The van der Waals surface area contributed by atoms with Crippen molar-refractivity contribution in [3.63, 3.8) is 0 Å². The number of nitrogens with zero attached hydrogens (tertiary/aromatic N) is 3. The number of carbonyl (C=O) groups excluding carboxylic acids is 1. The zero-order valence-corrected chi connectivity index (χ0v) is 15.8. The van der Waals surface area contributed by atoms with Crippen molar-refractivity contribution in [2.75, 3.05) is 13.2 Å². The van der Waals surface area contributed by atoms with Crippen molar-refractivity contribution in [3.05, 3.63) is 46.8 Å². The molecule has 1 amide bonds. The first kappa shape index (κ1) is 17.5. The van der Waals surface area contributed by atoms with Gasteiger partial charge >= 0.3 is 0 Å². The summed E-state index contributed by atoms with van der Waals surface area (Å²) < 4.78 is 7.77. The van der Waals surface area contributed by atoms with Crippen LogP contribution in [0.5, 0.6) is 5.75 Å². The highest BCUT2D eigenvalue weighted by molar-refractivity contribution is 5.78. The lowest BCUT2D eigenvalue weighted by Crippen LogP contribution is -2.40. The van der Waals surface area contributed by atoms with Crippen LogP contribution < -0.4 is 4.74 Å². The molecule has 0 unspecified atom stereocenters. The molecule has 1 aliphatic heterocycles. The summed E-state index contributed by atoms with van der Waals surface area (Å²) in [5.41, 5.74) is 4.74. The van der Waals surface area contributed by atoms with E-state index >= 15 is 0 Å². The number of hydrogen-bond acceptors (Lipinski definition) is 3. The Morgan fingerprint density at radius 3 is 2.68 bits per heavy atom. The maximum atomic E-state index is 12.5. The summed E-state index contributed by atoms with van der Waals surface area (Å²) in [5.74, 6) is 0.766. The van der Waals surface area contributed by atoms with Crippen molar-refractivity contribution in [2.45, 2.75) is 53.1 Å². The fraction of sp³-hybridized carbons (Fsp3) is 0.500.